The minimum atomic E-state index is 0.186. The van der Waals surface area contributed by atoms with Crippen molar-refractivity contribution in [3.63, 3.8) is 0 Å². The summed E-state index contributed by atoms with van der Waals surface area (Å²) >= 11 is 0. The van der Waals surface area contributed by atoms with Crippen LogP contribution in [0.3, 0.4) is 0 Å². The molecule has 2 aliphatic rings. The van der Waals surface area contributed by atoms with Crippen molar-refractivity contribution in [2.24, 2.45) is 10.8 Å². The molecule has 2 unspecified atom stereocenters. The van der Waals surface area contributed by atoms with Gasteiger partial charge in [0.1, 0.15) is 0 Å². The van der Waals surface area contributed by atoms with Gasteiger partial charge in [-0.25, -0.2) is 0 Å². The maximum absolute atomic E-state index is 9.11. The maximum Gasteiger partial charge on any atom is 0.0661 e. The van der Waals surface area contributed by atoms with E-state index in [-0.39, 0.29) is 12.0 Å². The molecule has 2 aliphatic carbocycles. The van der Waals surface area contributed by atoms with Crippen molar-refractivity contribution in [1.29, 1.82) is 0 Å². The van der Waals surface area contributed by atoms with Gasteiger partial charge in [-0.1, -0.05) is 26.7 Å². The lowest BCUT2D eigenvalue weighted by Gasteiger charge is -2.55. The van der Waals surface area contributed by atoms with E-state index in [1.807, 2.05) is 0 Å². The first-order valence-corrected chi connectivity index (χ1v) is 8.00. The molecule has 0 bridgehead atoms. The molecule has 2 saturated carbocycles. The van der Waals surface area contributed by atoms with Crippen molar-refractivity contribution in [2.75, 3.05) is 19.8 Å². The Bertz CT molecular complexity index is 284. The Labute approximate surface area is 118 Å². The molecule has 0 aromatic carbocycles. The number of nitrogens with one attached hydrogen (secondary N) is 1. The smallest absolute Gasteiger partial charge is 0.0661 e. The van der Waals surface area contributed by atoms with Crippen LogP contribution in [0.25, 0.3) is 0 Å². The first-order valence-electron chi connectivity index (χ1n) is 8.00. The maximum atomic E-state index is 9.11. The molecule has 0 amide bonds. The first kappa shape index (κ1) is 15.3. The zero-order valence-electron chi connectivity index (χ0n) is 12.9. The second-order valence-electron chi connectivity index (χ2n) is 7.19. The summed E-state index contributed by atoms with van der Waals surface area (Å²) in [6.07, 6.45) is 7.91. The topological polar surface area (TPSA) is 41.5 Å². The Morgan fingerprint density at radius 1 is 1.32 bits per heavy atom. The highest BCUT2D eigenvalue weighted by molar-refractivity contribution is 5.10. The van der Waals surface area contributed by atoms with Crippen LogP contribution in [0.2, 0.25) is 0 Å². The fourth-order valence-electron chi connectivity index (χ4n) is 3.96. The molecule has 2 fully saturated rings. The average Bonchev–Trinajstić information content (AvgIpc) is 2.84. The molecule has 3 nitrogen and oxygen atoms in total. The highest BCUT2D eigenvalue weighted by atomic mass is 16.5. The highest BCUT2D eigenvalue weighted by Gasteiger charge is 2.56. The van der Waals surface area contributed by atoms with Gasteiger partial charge in [0.15, 0.2) is 0 Å². The van der Waals surface area contributed by atoms with E-state index in [4.69, 9.17) is 9.84 Å². The Morgan fingerprint density at radius 3 is 2.58 bits per heavy atom. The van der Waals surface area contributed by atoms with Crippen LogP contribution in [0.15, 0.2) is 0 Å². The minimum Gasteiger partial charge on any atom is -0.396 e. The van der Waals surface area contributed by atoms with Crippen LogP contribution >= 0.6 is 0 Å². The zero-order chi connectivity index (χ0) is 13.9. The third kappa shape index (κ3) is 3.14. The Balaban J connectivity index is 1.87. The fourth-order valence-corrected chi connectivity index (χ4v) is 3.96. The Kier molecular flexibility index (Phi) is 4.91. The molecule has 0 aliphatic heterocycles. The van der Waals surface area contributed by atoms with E-state index in [0.717, 1.165) is 19.6 Å². The van der Waals surface area contributed by atoms with Gasteiger partial charge in [-0.15, -0.1) is 0 Å². The normalized spacial score (nSPS) is 29.7. The fraction of sp³-hybridized carbons (Fsp3) is 1.00. The van der Waals surface area contributed by atoms with Crippen LogP contribution in [0.1, 0.15) is 59.3 Å². The van der Waals surface area contributed by atoms with Gasteiger partial charge in [0, 0.05) is 31.2 Å². The van der Waals surface area contributed by atoms with E-state index in [9.17, 15) is 0 Å². The van der Waals surface area contributed by atoms with Crippen molar-refractivity contribution in [3.05, 3.63) is 0 Å². The Morgan fingerprint density at radius 2 is 2.00 bits per heavy atom. The van der Waals surface area contributed by atoms with Gasteiger partial charge in [0.25, 0.3) is 0 Å². The molecule has 0 heterocycles. The molecule has 19 heavy (non-hydrogen) atoms. The van der Waals surface area contributed by atoms with Crippen molar-refractivity contribution >= 4 is 0 Å². The molecule has 2 rings (SSSR count). The van der Waals surface area contributed by atoms with E-state index in [1.165, 1.54) is 32.1 Å². The van der Waals surface area contributed by atoms with Gasteiger partial charge in [-0.3, -0.25) is 0 Å². The van der Waals surface area contributed by atoms with Gasteiger partial charge >= 0.3 is 0 Å². The summed E-state index contributed by atoms with van der Waals surface area (Å²) in [5, 5.41) is 12.9. The summed E-state index contributed by atoms with van der Waals surface area (Å²) in [5.41, 5.74) is 0.608. The van der Waals surface area contributed by atoms with Crippen LogP contribution in [0, 0.1) is 10.8 Å². The van der Waals surface area contributed by atoms with Crippen LogP contribution < -0.4 is 5.32 Å². The number of hydrogen-bond acceptors (Lipinski definition) is 3. The predicted octanol–water partition coefficient (Wildman–Crippen LogP) is 2.72. The van der Waals surface area contributed by atoms with E-state index >= 15 is 0 Å². The molecule has 2 N–H and O–H groups in total. The van der Waals surface area contributed by atoms with E-state index in [2.05, 4.69) is 26.1 Å². The van der Waals surface area contributed by atoms with Crippen LogP contribution in [-0.2, 0) is 4.74 Å². The second-order valence-corrected chi connectivity index (χ2v) is 7.19. The summed E-state index contributed by atoms with van der Waals surface area (Å²) in [6.45, 7) is 8.69. The molecule has 2 atom stereocenters. The van der Waals surface area contributed by atoms with E-state index in [1.54, 1.807) is 0 Å². The molecular weight excluding hydrogens is 238 g/mol. The lowest BCUT2D eigenvalue weighted by atomic mass is 9.60. The zero-order valence-corrected chi connectivity index (χ0v) is 12.9. The molecule has 0 saturated heterocycles. The standard InChI is InChI=1S/C16H31NO2/c1-4-19-14-11-13(16(14)7-5-6-8-16)17-12-15(2,3)9-10-18/h13-14,17-18H,4-12H2,1-3H3. The molecule has 112 valence electrons. The minimum absolute atomic E-state index is 0.186. The van der Waals surface area contributed by atoms with Crippen LogP contribution in [0.5, 0.6) is 0 Å². The first-order chi connectivity index (χ1) is 9.04. The SMILES string of the molecule is CCOC1CC(NCC(C)(C)CCO)C12CCCC2. The van der Waals surface area contributed by atoms with Crippen molar-refractivity contribution < 1.29 is 9.84 Å². The summed E-state index contributed by atoms with van der Waals surface area (Å²) < 4.78 is 5.95. The third-order valence-corrected chi connectivity index (χ3v) is 5.30. The number of ether oxygens (including phenoxy) is 1. The summed E-state index contributed by atoms with van der Waals surface area (Å²) in [4.78, 5) is 0. The molecule has 0 radical (unpaired) electrons. The van der Waals surface area contributed by atoms with Gasteiger partial charge in [0.05, 0.1) is 6.10 Å². The molecular formula is C16H31NO2. The number of aliphatic hydroxyl groups is 1. The monoisotopic (exact) mass is 269 g/mol. The Hall–Kier alpha value is -0.120. The van der Waals surface area contributed by atoms with Gasteiger partial charge in [-0.05, 0) is 38.0 Å². The number of rotatable bonds is 7. The van der Waals surface area contributed by atoms with Gasteiger partial charge in [-0.2, -0.15) is 0 Å². The average molecular weight is 269 g/mol. The highest BCUT2D eigenvalue weighted by Crippen LogP contribution is 2.54. The number of hydrogen-bond donors (Lipinski definition) is 2. The quantitative estimate of drug-likeness (QED) is 0.746. The van der Waals surface area contributed by atoms with Gasteiger partial charge < -0.3 is 15.2 Å². The summed E-state index contributed by atoms with van der Waals surface area (Å²) in [5.74, 6) is 0. The molecule has 0 aromatic heterocycles. The van der Waals surface area contributed by atoms with Crippen molar-refractivity contribution in [2.45, 2.75) is 71.4 Å². The van der Waals surface area contributed by atoms with Crippen LogP contribution in [-0.4, -0.2) is 37.0 Å². The van der Waals surface area contributed by atoms with E-state index < -0.39 is 0 Å². The largest absolute Gasteiger partial charge is 0.396 e. The van der Waals surface area contributed by atoms with Gasteiger partial charge in [0.2, 0.25) is 0 Å². The molecule has 1 spiro atoms. The van der Waals surface area contributed by atoms with Crippen molar-refractivity contribution in [3.8, 4) is 0 Å². The van der Waals surface area contributed by atoms with Crippen molar-refractivity contribution in [1.82, 2.24) is 5.32 Å². The second kappa shape index (κ2) is 6.11. The summed E-state index contributed by atoms with van der Waals surface area (Å²) in [7, 11) is 0. The summed E-state index contributed by atoms with van der Waals surface area (Å²) in [6, 6.07) is 0.629. The molecule has 3 heteroatoms. The predicted molar refractivity (Wildman–Crippen MR) is 78.2 cm³/mol. The van der Waals surface area contributed by atoms with Crippen LogP contribution in [0.4, 0.5) is 0 Å². The lowest BCUT2D eigenvalue weighted by molar-refractivity contribution is -0.131. The van der Waals surface area contributed by atoms with E-state index in [0.29, 0.717) is 17.6 Å². The third-order valence-electron chi connectivity index (χ3n) is 5.30. The number of aliphatic hydroxyl groups excluding tert-OH is 1. The molecule has 0 aromatic rings. The lowest BCUT2D eigenvalue weighted by Crippen LogP contribution is -2.63.